The highest BCUT2D eigenvalue weighted by molar-refractivity contribution is 7.80. The number of amides is 16. The Bertz CT molecular complexity index is 4510. The number of thiol groups is 2. The fourth-order valence-corrected chi connectivity index (χ4v) is 15.1. The Morgan fingerprint density at radius 3 is 1.41 bits per heavy atom. The van der Waals surface area contributed by atoms with E-state index < -0.39 is 253 Å². The van der Waals surface area contributed by atoms with E-state index in [0.29, 0.717) is 41.3 Å². The molecule has 1 fully saturated rings. The number of phenols is 1. The Kier molecular flexibility index (Phi) is 50.4. The van der Waals surface area contributed by atoms with E-state index in [1.165, 1.54) is 35.4 Å². The van der Waals surface area contributed by atoms with Crippen molar-refractivity contribution in [1.82, 2.24) is 89.6 Å². The molecular formula is C86H137N23O24S2. The summed E-state index contributed by atoms with van der Waals surface area (Å²) in [6, 6.07) is -13.3. The molecule has 3 aromatic rings. The number of aliphatic carboxylic acids is 2. The molecule has 0 bridgehead atoms. The Hall–Kier alpha value is -12.0. The number of carbonyl (C=O) groups is 18. The number of unbranched alkanes of at least 4 members (excludes halogenated alkanes) is 2. The maximum Gasteiger partial charge on any atom is 0.326 e. The van der Waals surface area contributed by atoms with Crippen molar-refractivity contribution in [3.05, 3.63) is 65.9 Å². The third-order valence-corrected chi connectivity index (χ3v) is 22.4. The van der Waals surface area contributed by atoms with Crippen molar-refractivity contribution < 1.29 is 117 Å². The van der Waals surface area contributed by atoms with E-state index in [-0.39, 0.29) is 133 Å². The van der Waals surface area contributed by atoms with Crippen LogP contribution in [0, 0.1) is 23.2 Å². The molecule has 1 saturated heterocycles. The average molecular weight is 1940 g/mol. The van der Waals surface area contributed by atoms with Crippen LogP contribution in [0.1, 0.15) is 162 Å². The normalized spacial score (nSPS) is 16.0. The largest absolute Gasteiger partial charge is 0.508 e. The standard InChI is InChI=1S/C86H137N23O24S2/c1-43(2)32-51(89)70(117)95-53(18-10-12-28-87)71(118)96-55(26-27-67(90)114)73(120)104-63(40-111)79(126)108-69(46(7)112)83(130)107-65(42-135)81(128)99-57(33-44(3)4)74(121)105-62(39-110)78(125)103-61(34-45(5)6)84(131)109-31-15-21-66(109)82(129)97-54(19-11-13-29-88)72(119)106-64(41-134)80(127)101-59(36-48-38-94-52-17-9-8-16-50(48)52)76(123)102-60(37-68(115)116)77(124)100-58(35-47-22-24-49(113)25-23-47)75(122)98-56(85(132)133)20-14-30-93-86(91)92/h8-9,16-17,22-25,38,43-46,51,53-66,69,94,110-113,134-135H,10-15,18-21,26-37,39-42,87-89H2,1-7H3,(H2,90,114)(H,95,117)(H,96,118)(H,97,129)(H,98,122)(H,99,128)(H,100,124)(H,101,127)(H,102,123)(H,103,125)(H,104,120)(H,105,121)(H,106,119)(H,107,130)(H,108,126)(H,115,116)(H,132,133)(H4,91,92,93)/t46-,51+,53+,54+,55+,56+,57+,58+,59+,60+,61+,62+,63+,64+,65+,66+,69+/m1/s1. The molecule has 4 rings (SSSR count). The van der Waals surface area contributed by atoms with Crippen molar-refractivity contribution in [3.63, 3.8) is 0 Å². The molecule has 2 heterocycles. The average Bonchev–Trinajstić information content (AvgIpc) is 1.67. The third-order valence-electron chi connectivity index (χ3n) is 21.7. The Morgan fingerprint density at radius 1 is 0.481 bits per heavy atom. The lowest BCUT2D eigenvalue weighted by Crippen LogP contribution is -2.63. The van der Waals surface area contributed by atoms with Gasteiger partial charge < -0.3 is 149 Å². The van der Waals surface area contributed by atoms with Crippen molar-refractivity contribution in [3.8, 4) is 5.75 Å². The summed E-state index contributed by atoms with van der Waals surface area (Å²) in [5.41, 5.74) is 29.7. The number of fused-ring (bicyclic) bond motifs is 1. The number of aromatic nitrogens is 1. The van der Waals surface area contributed by atoms with Crippen molar-refractivity contribution >= 4 is 149 Å². The van der Waals surface area contributed by atoms with Gasteiger partial charge in [-0.05, 0) is 157 Å². The number of carbonyl (C=O) groups excluding carboxylic acids is 16. The highest BCUT2D eigenvalue weighted by Gasteiger charge is 2.43. The molecule has 47 nitrogen and oxygen atoms in total. The number of nitrogens with zero attached hydrogens (tertiary/aromatic N) is 1. The Labute approximate surface area is 792 Å². The van der Waals surface area contributed by atoms with Crippen molar-refractivity contribution in [2.45, 2.75) is 267 Å². The summed E-state index contributed by atoms with van der Waals surface area (Å²) in [5, 5.41) is 107. The first-order chi connectivity index (χ1) is 63.8. The van der Waals surface area contributed by atoms with E-state index in [1.807, 2.05) is 13.8 Å². The lowest BCUT2D eigenvalue weighted by atomic mass is 10.0. The number of aromatic amines is 1. The Morgan fingerprint density at radius 2 is 0.904 bits per heavy atom. The van der Waals surface area contributed by atoms with Crippen LogP contribution in [0.5, 0.6) is 5.75 Å². The number of aliphatic hydroxyl groups is 3. The number of primary amides is 1. The first-order valence-corrected chi connectivity index (χ1v) is 46.0. The number of para-hydroxylation sites is 1. The second-order valence-corrected chi connectivity index (χ2v) is 35.1. The number of aromatic hydroxyl groups is 1. The quantitative estimate of drug-likeness (QED) is 0.0108. The van der Waals surface area contributed by atoms with Crippen LogP contribution in [-0.2, 0) is 99.1 Å². The molecule has 1 aromatic heterocycles. The molecule has 0 saturated carbocycles. The van der Waals surface area contributed by atoms with Crippen LogP contribution in [-0.4, -0.2) is 307 Å². The zero-order chi connectivity index (χ0) is 101. The number of likely N-dealkylation sites (tertiary alicyclic amines) is 1. The van der Waals surface area contributed by atoms with Crippen LogP contribution in [0.2, 0.25) is 0 Å². The zero-order valence-electron chi connectivity index (χ0n) is 76.9. The molecule has 2 aromatic carbocycles. The molecule has 49 heteroatoms. The second kappa shape index (κ2) is 59.0. The van der Waals surface area contributed by atoms with Gasteiger partial charge in [0.1, 0.15) is 96.4 Å². The fourth-order valence-electron chi connectivity index (χ4n) is 14.5. The molecule has 0 unspecified atom stereocenters. The van der Waals surface area contributed by atoms with E-state index >= 15 is 0 Å². The van der Waals surface area contributed by atoms with Crippen LogP contribution < -0.4 is 108 Å². The van der Waals surface area contributed by atoms with Gasteiger partial charge in [-0.2, -0.15) is 25.3 Å². The van der Waals surface area contributed by atoms with Gasteiger partial charge in [-0.25, -0.2) is 4.79 Å². The van der Waals surface area contributed by atoms with Gasteiger partial charge >= 0.3 is 11.9 Å². The maximum absolute atomic E-state index is 14.9. The molecule has 135 heavy (non-hydrogen) atoms. The topological polar surface area (TPSA) is 782 Å². The van der Waals surface area contributed by atoms with Gasteiger partial charge in [0.15, 0.2) is 5.96 Å². The maximum atomic E-state index is 14.9. The monoisotopic (exact) mass is 1940 g/mol. The van der Waals surface area contributed by atoms with E-state index in [4.69, 9.17) is 34.1 Å². The molecule has 0 spiro atoms. The zero-order valence-corrected chi connectivity index (χ0v) is 78.7. The summed E-state index contributed by atoms with van der Waals surface area (Å²) in [7, 11) is 0. The molecule has 16 amide bonds. The smallest absolute Gasteiger partial charge is 0.326 e. The number of benzene rings is 2. The van der Waals surface area contributed by atoms with Crippen LogP contribution >= 0.6 is 25.3 Å². The van der Waals surface area contributed by atoms with E-state index in [9.17, 15) is 117 Å². The summed E-state index contributed by atoms with van der Waals surface area (Å²) < 4.78 is 0. The SMILES string of the molecule is CC(C)C[C@H](NC(=O)[C@H](CS)NC(=O)[C@@H](NC(=O)[C@H](CO)NC(=O)[C@H](CCC(N)=O)NC(=O)[C@H](CCCCN)NC(=O)[C@@H](N)CC(C)C)[C@@H](C)O)C(=O)N[C@@H](CO)C(=O)N[C@@H](CC(C)C)C(=O)N1CCC[C@H]1C(=O)N[C@@H](CCCCN)C(=O)N[C@@H](CS)C(=O)N[C@@H](Cc1c[nH]c2ccccc12)C(=O)N[C@@H](CC(=O)O)C(=O)N[C@@H](Cc1ccc(O)cc1)C(=O)N[C@@H](CCCNC(=N)N)C(=O)O. The fraction of sp³-hybridized carbons (Fsp3) is 0.616. The number of phenolic OH excluding ortho intramolecular Hbond substituents is 1. The van der Waals surface area contributed by atoms with Crippen molar-refractivity contribution in [2.24, 2.45) is 46.4 Å². The highest BCUT2D eigenvalue weighted by Crippen LogP contribution is 2.24. The summed E-state index contributed by atoms with van der Waals surface area (Å²) >= 11 is 8.60. The summed E-state index contributed by atoms with van der Waals surface area (Å²) in [5.74, 6) is -21.7. The minimum atomic E-state index is -2.01. The van der Waals surface area contributed by atoms with Gasteiger partial charge in [0.25, 0.3) is 0 Å². The van der Waals surface area contributed by atoms with Crippen LogP contribution in [0.15, 0.2) is 54.7 Å². The molecule has 33 N–H and O–H groups in total. The summed E-state index contributed by atoms with van der Waals surface area (Å²) in [6.07, 6.45) is -1.42. The lowest BCUT2D eigenvalue weighted by molar-refractivity contribution is -0.143. The molecule has 17 atom stereocenters. The first-order valence-electron chi connectivity index (χ1n) is 44.8. The van der Waals surface area contributed by atoms with Crippen LogP contribution in [0.4, 0.5) is 0 Å². The molecule has 1 aliphatic heterocycles. The number of rotatable bonds is 62. The molecule has 1 aliphatic rings. The Balaban J connectivity index is 1.53. The van der Waals surface area contributed by atoms with E-state index in [2.05, 4.69) is 110 Å². The summed E-state index contributed by atoms with van der Waals surface area (Å²) in [6.45, 7) is 9.70. The minimum absolute atomic E-state index is 0.0134. The number of hydrogen-bond donors (Lipinski definition) is 30. The minimum Gasteiger partial charge on any atom is -0.508 e. The lowest BCUT2D eigenvalue weighted by Gasteiger charge is -2.31. The molecule has 752 valence electrons. The van der Waals surface area contributed by atoms with Crippen molar-refractivity contribution in [2.75, 3.05) is 50.9 Å². The first kappa shape index (κ1) is 115. The van der Waals surface area contributed by atoms with Crippen LogP contribution in [0.25, 0.3) is 10.9 Å². The molecule has 0 radical (unpaired) electrons. The highest BCUT2D eigenvalue weighted by atomic mass is 32.1. The number of carboxylic acids is 2. The van der Waals surface area contributed by atoms with E-state index in [1.54, 1.807) is 52.0 Å². The number of hydrogen-bond acceptors (Lipinski definition) is 28. The van der Waals surface area contributed by atoms with Gasteiger partial charge in [-0.15, -0.1) is 0 Å². The molecular weight excluding hydrogens is 1800 g/mol. The number of carboxylic acid groups (broad SMARTS) is 2. The predicted molar refractivity (Wildman–Crippen MR) is 499 cm³/mol. The van der Waals surface area contributed by atoms with Gasteiger partial charge in [0.2, 0.25) is 94.5 Å². The number of nitrogens with one attached hydrogen (secondary N) is 17. The van der Waals surface area contributed by atoms with E-state index in [0.717, 1.165) is 6.92 Å². The second-order valence-electron chi connectivity index (χ2n) is 34.4. The number of nitrogens with two attached hydrogens (primary N) is 5. The molecule has 0 aliphatic carbocycles. The number of guanidine groups is 1. The van der Waals surface area contributed by atoms with Gasteiger partial charge in [0.05, 0.1) is 31.8 Å². The van der Waals surface area contributed by atoms with Gasteiger partial charge in [-0.1, -0.05) is 71.9 Å². The van der Waals surface area contributed by atoms with Crippen LogP contribution in [0.3, 0.4) is 0 Å². The number of aliphatic hydroxyl groups excluding tert-OH is 3. The predicted octanol–water partition coefficient (Wildman–Crippen LogP) is -6.53. The van der Waals surface area contributed by atoms with Crippen molar-refractivity contribution in [1.29, 1.82) is 5.41 Å². The number of H-pyrrole nitrogens is 1. The van der Waals surface area contributed by atoms with Gasteiger partial charge in [0, 0.05) is 61.0 Å². The summed E-state index contributed by atoms with van der Waals surface area (Å²) in [4.78, 5) is 255. The van der Waals surface area contributed by atoms with Gasteiger partial charge in [-0.3, -0.25) is 86.9 Å². The third kappa shape index (κ3) is 39.8.